The number of hydrogen-bond acceptors (Lipinski definition) is 3. The summed E-state index contributed by atoms with van der Waals surface area (Å²) < 4.78 is 0. The lowest BCUT2D eigenvalue weighted by atomic mass is 9.63. The van der Waals surface area contributed by atoms with Crippen molar-refractivity contribution in [2.45, 2.75) is 20.8 Å². The van der Waals surface area contributed by atoms with Crippen molar-refractivity contribution in [1.82, 2.24) is 4.98 Å². The Hall–Kier alpha value is -2.44. The van der Waals surface area contributed by atoms with Gasteiger partial charge in [-0.25, -0.2) is 4.98 Å². The predicted molar refractivity (Wildman–Crippen MR) is 95.5 cm³/mol. The molecule has 3 aliphatic carbocycles. The van der Waals surface area contributed by atoms with E-state index in [4.69, 9.17) is 4.98 Å². The number of aromatic nitrogens is 1. The van der Waals surface area contributed by atoms with Crippen LogP contribution in [0.3, 0.4) is 0 Å². The number of nitriles is 1. The first-order valence-corrected chi connectivity index (χ1v) is 8.51. The van der Waals surface area contributed by atoms with Gasteiger partial charge in [0.15, 0.2) is 0 Å². The molecular formula is C20H16N2S. The van der Waals surface area contributed by atoms with Crippen LogP contribution >= 0.6 is 11.3 Å². The van der Waals surface area contributed by atoms with E-state index in [0.29, 0.717) is 5.57 Å². The monoisotopic (exact) mass is 316 g/mol. The Balaban J connectivity index is 1.79. The Morgan fingerprint density at radius 2 is 2.04 bits per heavy atom. The van der Waals surface area contributed by atoms with Crippen molar-refractivity contribution in [2.75, 3.05) is 0 Å². The topological polar surface area (TPSA) is 36.7 Å². The zero-order valence-corrected chi connectivity index (χ0v) is 14.2. The van der Waals surface area contributed by atoms with E-state index in [1.165, 1.54) is 16.7 Å². The molecule has 23 heavy (non-hydrogen) atoms. The highest BCUT2D eigenvalue weighted by atomic mass is 32.1. The summed E-state index contributed by atoms with van der Waals surface area (Å²) in [6.45, 7) is 6.19. The quantitative estimate of drug-likeness (QED) is 0.701. The van der Waals surface area contributed by atoms with Crippen molar-refractivity contribution in [3.8, 4) is 6.07 Å². The van der Waals surface area contributed by atoms with Crippen molar-refractivity contribution in [3.63, 3.8) is 0 Å². The third-order valence-electron chi connectivity index (χ3n) is 4.87. The summed E-state index contributed by atoms with van der Waals surface area (Å²) in [6, 6.07) is 2.27. The molecular weight excluding hydrogens is 300 g/mol. The van der Waals surface area contributed by atoms with E-state index in [2.05, 4.69) is 54.8 Å². The number of thiazole rings is 1. The minimum atomic E-state index is 0.0111. The lowest BCUT2D eigenvalue weighted by Crippen LogP contribution is -2.28. The largest absolute Gasteiger partial charge is 0.235 e. The first-order chi connectivity index (χ1) is 11.1. The van der Waals surface area contributed by atoms with Crippen LogP contribution in [0.1, 0.15) is 31.5 Å². The van der Waals surface area contributed by atoms with Crippen LogP contribution in [-0.4, -0.2) is 4.98 Å². The van der Waals surface area contributed by atoms with Gasteiger partial charge in [-0.15, -0.1) is 11.3 Å². The molecule has 1 aromatic heterocycles. The maximum absolute atomic E-state index is 9.35. The average molecular weight is 316 g/mol. The molecule has 0 N–H and O–H groups in total. The fourth-order valence-electron chi connectivity index (χ4n) is 3.43. The zero-order chi connectivity index (χ0) is 16.2. The van der Waals surface area contributed by atoms with E-state index in [1.807, 2.05) is 13.8 Å². The van der Waals surface area contributed by atoms with Gasteiger partial charge in [-0.3, -0.25) is 0 Å². The number of rotatable bonds is 2. The van der Waals surface area contributed by atoms with Crippen molar-refractivity contribution in [1.29, 1.82) is 5.26 Å². The normalized spacial score (nSPS) is 23.6. The van der Waals surface area contributed by atoms with Gasteiger partial charge in [0.2, 0.25) is 0 Å². The van der Waals surface area contributed by atoms with Gasteiger partial charge in [0.1, 0.15) is 11.1 Å². The van der Waals surface area contributed by atoms with E-state index in [1.54, 1.807) is 11.3 Å². The average Bonchev–Trinajstić information content (AvgIpc) is 3.06. The summed E-state index contributed by atoms with van der Waals surface area (Å²) in [5.41, 5.74) is 7.85. The molecule has 0 amide bonds. The summed E-state index contributed by atoms with van der Waals surface area (Å²) in [5, 5.41) is 12.2. The minimum absolute atomic E-state index is 0.0111. The summed E-state index contributed by atoms with van der Waals surface area (Å²) in [5.74, 6) is 0. The Morgan fingerprint density at radius 1 is 1.22 bits per heavy atom. The molecule has 4 rings (SSSR count). The Labute approximate surface area is 140 Å². The highest BCUT2D eigenvalue weighted by molar-refractivity contribution is 7.11. The molecule has 0 radical (unpaired) electrons. The van der Waals surface area contributed by atoms with Crippen LogP contribution in [0.15, 0.2) is 64.1 Å². The fourth-order valence-corrected chi connectivity index (χ4v) is 4.35. The lowest BCUT2D eigenvalue weighted by Gasteiger charge is -2.39. The first kappa shape index (κ1) is 14.2. The van der Waals surface area contributed by atoms with Crippen LogP contribution in [0.5, 0.6) is 0 Å². The molecule has 0 bridgehead atoms. The molecule has 1 unspecified atom stereocenters. The van der Waals surface area contributed by atoms with Crippen molar-refractivity contribution in [3.05, 3.63) is 74.8 Å². The summed E-state index contributed by atoms with van der Waals surface area (Å²) in [7, 11) is 0. The second-order valence-corrected chi connectivity index (χ2v) is 7.25. The predicted octanol–water partition coefficient (Wildman–Crippen LogP) is 5.23. The SMILES string of the molecule is CC(C)=C(C#N)c1nc(C2=CC=CC3=CC4=CC=C2C43C)cs1. The third-order valence-corrected chi connectivity index (χ3v) is 5.73. The van der Waals surface area contributed by atoms with Crippen LogP contribution in [0.25, 0.3) is 11.1 Å². The van der Waals surface area contributed by atoms with Gasteiger partial charge < -0.3 is 0 Å². The molecule has 0 aromatic carbocycles. The summed E-state index contributed by atoms with van der Waals surface area (Å²) in [4.78, 5) is 4.75. The molecule has 0 saturated heterocycles. The van der Waals surface area contributed by atoms with Crippen LogP contribution in [0, 0.1) is 16.7 Å². The molecule has 3 heteroatoms. The second kappa shape index (κ2) is 4.78. The molecule has 1 atom stereocenters. The van der Waals surface area contributed by atoms with Crippen LogP contribution in [-0.2, 0) is 0 Å². The molecule has 2 nitrogen and oxygen atoms in total. The van der Waals surface area contributed by atoms with Gasteiger partial charge in [0.25, 0.3) is 0 Å². The fraction of sp³-hybridized carbons (Fsp3) is 0.200. The lowest BCUT2D eigenvalue weighted by molar-refractivity contribution is 0.591. The molecule has 3 aliphatic rings. The van der Waals surface area contributed by atoms with E-state index < -0.39 is 0 Å². The van der Waals surface area contributed by atoms with Crippen molar-refractivity contribution < 1.29 is 0 Å². The van der Waals surface area contributed by atoms with E-state index in [9.17, 15) is 5.26 Å². The van der Waals surface area contributed by atoms with Crippen molar-refractivity contribution in [2.24, 2.45) is 5.41 Å². The van der Waals surface area contributed by atoms with Gasteiger partial charge in [-0.05, 0) is 37.5 Å². The van der Waals surface area contributed by atoms with Gasteiger partial charge in [0.05, 0.1) is 11.3 Å². The molecule has 0 aliphatic heterocycles. The Bertz CT molecular complexity index is 950. The van der Waals surface area contributed by atoms with Gasteiger partial charge in [-0.1, -0.05) is 42.0 Å². The number of nitrogens with zero attached hydrogens (tertiary/aromatic N) is 2. The number of hydrogen-bond donors (Lipinski definition) is 0. The van der Waals surface area contributed by atoms with Gasteiger partial charge in [0, 0.05) is 16.4 Å². The molecule has 1 heterocycles. The van der Waals surface area contributed by atoms with E-state index in [-0.39, 0.29) is 5.41 Å². The number of allylic oxidation sites excluding steroid dienone is 12. The van der Waals surface area contributed by atoms with Crippen LogP contribution in [0.2, 0.25) is 0 Å². The van der Waals surface area contributed by atoms with Crippen LogP contribution < -0.4 is 0 Å². The molecule has 0 spiro atoms. The van der Waals surface area contributed by atoms with Gasteiger partial charge in [-0.2, -0.15) is 5.26 Å². The van der Waals surface area contributed by atoms with Gasteiger partial charge >= 0.3 is 0 Å². The smallest absolute Gasteiger partial charge is 0.134 e. The van der Waals surface area contributed by atoms with Crippen LogP contribution in [0.4, 0.5) is 0 Å². The summed E-state index contributed by atoms with van der Waals surface area (Å²) >= 11 is 1.54. The Kier molecular flexibility index (Phi) is 2.94. The second-order valence-electron chi connectivity index (χ2n) is 6.39. The first-order valence-electron chi connectivity index (χ1n) is 7.63. The maximum atomic E-state index is 9.35. The maximum Gasteiger partial charge on any atom is 0.134 e. The van der Waals surface area contributed by atoms with E-state index in [0.717, 1.165) is 21.8 Å². The molecule has 112 valence electrons. The minimum Gasteiger partial charge on any atom is -0.235 e. The molecule has 0 fully saturated rings. The molecule has 0 saturated carbocycles. The standard InChI is InChI=1S/C20H16N2S/c1-12(2)16(10-21)19-22-18(11-23-19)15-6-4-5-13-9-14-7-8-17(15)20(13,14)3/h4-9,11H,1-3H3. The zero-order valence-electron chi connectivity index (χ0n) is 13.3. The Morgan fingerprint density at radius 3 is 2.78 bits per heavy atom. The third kappa shape index (κ3) is 1.82. The molecule has 1 aromatic rings. The van der Waals surface area contributed by atoms with Crippen molar-refractivity contribution >= 4 is 22.5 Å². The van der Waals surface area contributed by atoms with E-state index >= 15 is 0 Å². The highest BCUT2D eigenvalue weighted by Crippen LogP contribution is 2.58. The highest BCUT2D eigenvalue weighted by Gasteiger charge is 2.46. The summed E-state index contributed by atoms with van der Waals surface area (Å²) in [6.07, 6.45) is 13.1.